The monoisotopic (exact) mass is 220 g/mol. The third kappa shape index (κ3) is 3.53. The van der Waals surface area contributed by atoms with Crippen molar-refractivity contribution >= 4 is 23.2 Å². The predicted octanol–water partition coefficient (Wildman–Crippen LogP) is 4.04. The van der Waals surface area contributed by atoms with Gasteiger partial charge in [0.2, 0.25) is 0 Å². The summed E-state index contributed by atoms with van der Waals surface area (Å²) in [6.45, 7) is 1.91. The van der Waals surface area contributed by atoms with Gasteiger partial charge in [-0.25, -0.2) is 4.39 Å². The average molecular weight is 221 g/mol. The zero-order chi connectivity index (χ0) is 9.84. The van der Waals surface area contributed by atoms with Crippen LogP contribution in [0.2, 0.25) is 5.02 Å². The minimum absolute atomic E-state index is 0.0966. The first-order chi connectivity index (χ1) is 6.09. The molecule has 0 radical (unpaired) electrons. The molecule has 0 aliphatic carbocycles. The molecule has 0 heterocycles. The van der Waals surface area contributed by atoms with Crippen molar-refractivity contribution in [2.24, 2.45) is 0 Å². The van der Waals surface area contributed by atoms with E-state index in [9.17, 15) is 4.39 Å². The zero-order valence-electron chi connectivity index (χ0n) is 7.36. The van der Waals surface area contributed by atoms with E-state index in [-0.39, 0.29) is 11.2 Å². The van der Waals surface area contributed by atoms with Crippen molar-refractivity contribution in [1.82, 2.24) is 0 Å². The highest BCUT2D eigenvalue weighted by atomic mass is 35.5. The van der Waals surface area contributed by atoms with E-state index < -0.39 is 0 Å². The van der Waals surface area contributed by atoms with Gasteiger partial charge in [0.25, 0.3) is 0 Å². The lowest BCUT2D eigenvalue weighted by Gasteiger charge is -2.05. The Hall–Kier alpha value is -0.270. The molecule has 0 nitrogen and oxygen atoms in total. The Morgan fingerprint density at radius 3 is 2.77 bits per heavy atom. The van der Waals surface area contributed by atoms with Crippen LogP contribution in [0.25, 0.3) is 0 Å². The van der Waals surface area contributed by atoms with E-state index in [0.29, 0.717) is 5.02 Å². The summed E-state index contributed by atoms with van der Waals surface area (Å²) in [6.07, 6.45) is 1.53. The minimum atomic E-state index is -0.248. The summed E-state index contributed by atoms with van der Waals surface area (Å²) in [5.74, 6) is -0.248. The van der Waals surface area contributed by atoms with Crippen LogP contribution < -0.4 is 0 Å². The van der Waals surface area contributed by atoms with E-state index in [1.165, 1.54) is 12.1 Å². The van der Waals surface area contributed by atoms with Gasteiger partial charge in [0.15, 0.2) is 0 Å². The molecule has 3 heteroatoms. The van der Waals surface area contributed by atoms with E-state index in [1.54, 1.807) is 6.07 Å². The minimum Gasteiger partial charge on any atom is -0.207 e. The first-order valence-corrected chi connectivity index (χ1v) is 4.99. The molecule has 1 atom stereocenters. The summed E-state index contributed by atoms with van der Waals surface area (Å²) in [5.41, 5.74) is 0.828. The fourth-order valence-electron chi connectivity index (χ4n) is 1.09. The number of benzene rings is 1. The highest BCUT2D eigenvalue weighted by Gasteiger charge is 2.03. The summed E-state index contributed by atoms with van der Waals surface area (Å²) in [4.78, 5) is 0. The Morgan fingerprint density at radius 1 is 1.46 bits per heavy atom. The van der Waals surface area contributed by atoms with Crippen LogP contribution in [0.4, 0.5) is 4.39 Å². The Bertz CT molecular complexity index is 284. The summed E-state index contributed by atoms with van der Waals surface area (Å²) in [6, 6.07) is 4.39. The maximum Gasteiger partial charge on any atom is 0.123 e. The van der Waals surface area contributed by atoms with Gasteiger partial charge in [-0.1, -0.05) is 11.6 Å². The first kappa shape index (κ1) is 10.8. The molecule has 1 aromatic carbocycles. The van der Waals surface area contributed by atoms with Crippen molar-refractivity contribution in [3.63, 3.8) is 0 Å². The Labute approximate surface area is 87.7 Å². The molecule has 0 fully saturated rings. The van der Waals surface area contributed by atoms with E-state index in [0.717, 1.165) is 18.4 Å². The van der Waals surface area contributed by atoms with Crippen LogP contribution in [0.5, 0.6) is 0 Å². The van der Waals surface area contributed by atoms with E-state index in [1.807, 2.05) is 6.92 Å². The topological polar surface area (TPSA) is 0 Å². The highest BCUT2D eigenvalue weighted by Crippen LogP contribution is 2.19. The van der Waals surface area contributed by atoms with Crippen molar-refractivity contribution in [1.29, 1.82) is 0 Å². The molecule has 0 saturated heterocycles. The van der Waals surface area contributed by atoms with Gasteiger partial charge in [-0.2, -0.15) is 0 Å². The molecular weight excluding hydrogens is 210 g/mol. The number of halogens is 3. The van der Waals surface area contributed by atoms with Gasteiger partial charge in [0, 0.05) is 10.4 Å². The van der Waals surface area contributed by atoms with Crippen LogP contribution in [-0.4, -0.2) is 5.38 Å². The average Bonchev–Trinajstić information content (AvgIpc) is 2.06. The van der Waals surface area contributed by atoms with Gasteiger partial charge in [-0.05, 0) is 43.5 Å². The number of aryl methyl sites for hydroxylation is 1. The molecule has 0 aliphatic heterocycles. The fraction of sp³-hybridized carbons (Fsp3) is 0.400. The van der Waals surface area contributed by atoms with Crippen LogP contribution >= 0.6 is 23.2 Å². The maximum absolute atomic E-state index is 12.8. The third-order valence-corrected chi connectivity index (χ3v) is 2.41. The number of hydrogen-bond acceptors (Lipinski definition) is 0. The predicted molar refractivity (Wildman–Crippen MR) is 55.0 cm³/mol. The molecule has 0 bridgehead atoms. The molecule has 0 aromatic heterocycles. The fourth-order valence-corrected chi connectivity index (χ4v) is 1.41. The van der Waals surface area contributed by atoms with Gasteiger partial charge in [0.1, 0.15) is 5.82 Å². The van der Waals surface area contributed by atoms with Gasteiger partial charge >= 0.3 is 0 Å². The lowest BCUT2D eigenvalue weighted by molar-refractivity contribution is 0.624. The summed E-state index contributed by atoms with van der Waals surface area (Å²) in [5, 5.41) is 0.707. The summed E-state index contributed by atoms with van der Waals surface area (Å²) < 4.78 is 12.8. The van der Waals surface area contributed by atoms with Gasteiger partial charge in [-0.15, -0.1) is 11.6 Å². The first-order valence-electron chi connectivity index (χ1n) is 4.17. The quantitative estimate of drug-likeness (QED) is 0.675. The molecule has 1 rings (SSSR count). The summed E-state index contributed by atoms with van der Waals surface area (Å²) >= 11 is 11.7. The number of rotatable bonds is 3. The SMILES string of the molecule is CC(Cl)CCc1cc(F)ccc1Cl. The van der Waals surface area contributed by atoms with E-state index in [4.69, 9.17) is 23.2 Å². The summed E-state index contributed by atoms with van der Waals surface area (Å²) in [7, 11) is 0. The van der Waals surface area contributed by atoms with E-state index >= 15 is 0 Å². The van der Waals surface area contributed by atoms with Crippen molar-refractivity contribution in [3.05, 3.63) is 34.6 Å². The van der Waals surface area contributed by atoms with Crippen LogP contribution in [-0.2, 0) is 6.42 Å². The Balaban J connectivity index is 2.70. The van der Waals surface area contributed by atoms with Crippen molar-refractivity contribution in [3.8, 4) is 0 Å². The molecule has 0 spiro atoms. The lowest BCUT2D eigenvalue weighted by atomic mass is 10.1. The standard InChI is InChI=1S/C10H11Cl2F/c1-7(11)2-3-8-6-9(13)4-5-10(8)12/h4-7H,2-3H2,1H3. The zero-order valence-corrected chi connectivity index (χ0v) is 8.87. The van der Waals surface area contributed by atoms with Gasteiger partial charge in [0.05, 0.1) is 0 Å². The van der Waals surface area contributed by atoms with Crippen LogP contribution in [0.1, 0.15) is 18.9 Å². The molecule has 0 saturated carbocycles. The van der Waals surface area contributed by atoms with Crippen molar-refractivity contribution in [2.75, 3.05) is 0 Å². The maximum atomic E-state index is 12.8. The molecule has 72 valence electrons. The highest BCUT2D eigenvalue weighted by molar-refractivity contribution is 6.31. The van der Waals surface area contributed by atoms with Gasteiger partial charge in [-0.3, -0.25) is 0 Å². The molecule has 0 amide bonds. The van der Waals surface area contributed by atoms with Crippen molar-refractivity contribution in [2.45, 2.75) is 25.1 Å². The van der Waals surface area contributed by atoms with Crippen LogP contribution in [0, 0.1) is 5.82 Å². The lowest BCUT2D eigenvalue weighted by Crippen LogP contribution is -1.95. The smallest absolute Gasteiger partial charge is 0.123 e. The van der Waals surface area contributed by atoms with Crippen molar-refractivity contribution < 1.29 is 4.39 Å². The number of hydrogen-bond donors (Lipinski definition) is 0. The van der Waals surface area contributed by atoms with Crippen LogP contribution in [0.15, 0.2) is 18.2 Å². The van der Waals surface area contributed by atoms with E-state index in [2.05, 4.69) is 0 Å². The molecule has 1 aromatic rings. The molecule has 0 N–H and O–H groups in total. The van der Waals surface area contributed by atoms with Gasteiger partial charge < -0.3 is 0 Å². The number of alkyl halides is 1. The largest absolute Gasteiger partial charge is 0.207 e. The van der Waals surface area contributed by atoms with Crippen LogP contribution in [0.3, 0.4) is 0 Å². The second kappa shape index (κ2) is 4.83. The molecule has 13 heavy (non-hydrogen) atoms. The molecule has 0 aliphatic rings. The Morgan fingerprint density at radius 2 is 2.15 bits per heavy atom. The normalized spacial score (nSPS) is 12.9. The second-order valence-corrected chi connectivity index (χ2v) is 4.21. The molecule has 1 unspecified atom stereocenters. The molecular formula is C10H11Cl2F. The Kier molecular flexibility index (Phi) is 4.01. The second-order valence-electron chi connectivity index (χ2n) is 3.06. The third-order valence-electron chi connectivity index (χ3n) is 1.82.